The molecule has 13 heteroatoms. The average Bonchev–Trinajstić information content (AvgIpc) is 2.91. The molecule has 0 unspecified atom stereocenters. The Morgan fingerprint density at radius 2 is 1.66 bits per heavy atom. The van der Waals surface area contributed by atoms with Crippen LogP contribution in [0.2, 0.25) is 0 Å². The number of benzene rings is 2. The number of nitrogens with zero attached hydrogens (tertiary/aromatic N) is 2. The molecule has 0 aliphatic carbocycles. The molecule has 9 nitrogen and oxygen atoms in total. The first-order valence-corrected chi connectivity index (χ1v) is 12.4. The highest BCUT2D eigenvalue weighted by Gasteiger charge is 2.27. The van der Waals surface area contributed by atoms with Gasteiger partial charge in [0.2, 0.25) is 5.88 Å². The number of rotatable bonds is 9. The van der Waals surface area contributed by atoms with Crippen molar-refractivity contribution in [3.63, 3.8) is 0 Å². The highest BCUT2D eigenvalue weighted by atomic mass is 19.2. The number of pyridine rings is 1. The molecule has 0 saturated heterocycles. The Hall–Kier alpha value is -4.55. The van der Waals surface area contributed by atoms with Crippen molar-refractivity contribution in [2.24, 2.45) is 0 Å². The van der Waals surface area contributed by atoms with Crippen LogP contribution in [0, 0.1) is 23.3 Å². The minimum absolute atomic E-state index is 0.0251. The molecule has 3 rings (SSSR count). The molecule has 0 spiro atoms. The van der Waals surface area contributed by atoms with Crippen molar-refractivity contribution in [3.8, 4) is 5.88 Å². The Bertz CT molecular complexity index is 1450. The summed E-state index contributed by atoms with van der Waals surface area (Å²) in [6.07, 6.45) is -0.881. The zero-order valence-corrected chi connectivity index (χ0v) is 23.1. The number of hydrogen-bond donors (Lipinski definition) is 2. The Morgan fingerprint density at radius 1 is 0.976 bits per heavy atom. The molecule has 0 atom stereocenters. The van der Waals surface area contributed by atoms with Crippen LogP contribution in [-0.2, 0) is 15.9 Å². The van der Waals surface area contributed by atoms with Crippen molar-refractivity contribution < 1.29 is 41.4 Å². The fraction of sp³-hybridized carbons (Fsp3) is 0.321. The van der Waals surface area contributed by atoms with Crippen molar-refractivity contribution in [1.29, 1.82) is 0 Å². The van der Waals surface area contributed by atoms with Gasteiger partial charge in [-0.1, -0.05) is 0 Å². The number of nitrogens with one attached hydrogen (secondary N) is 1. The van der Waals surface area contributed by atoms with E-state index in [9.17, 15) is 22.8 Å². The van der Waals surface area contributed by atoms with Crippen LogP contribution in [0.15, 0.2) is 36.4 Å². The van der Waals surface area contributed by atoms with Crippen molar-refractivity contribution in [1.82, 2.24) is 4.98 Å². The zero-order chi connectivity index (χ0) is 30.5. The van der Waals surface area contributed by atoms with E-state index in [-0.39, 0.29) is 59.3 Å². The van der Waals surface area contributed by atoms with Gasteiger partial charge in [0.15, 0.2) is 29.1 Å². The first-order valence-electron chi connectivity index (χ1n) is 12.4. The molecular weight excluding hydrogens is 548 g/mol. The molecule has 0 fully saturated rings. The lowest BCUT2D eigenvalue weighted by Crippen LogP contribution is -2.38. The molecule has 0 aliphatic rings. The van der Waals surface area contributed by atoms with Gasteiger partial charge in [0.1, 0.15) is 5.60 Å². The van der Waals surface area contributed by atoms with Crippen molar-refractivity contribution in [3.05, 3.63) is 70.8 Å². The number of amides is 1. The lowest BCUT2D eigenvalue weighted by atomic mass is 10.0. The summed E-state index contributed by atoms with van der Waals surface area (Å²) in [6.45, 7) is 4.93. The average molecular weight is 579 g/mol. The van der Waals surface area contributed by atoms with Gasteiger partial charge >= 0.3 is 12.1 Å². The smallest absolute Gasteiger partial charge is 0.416 e. The summed E-state index contributed by atoms with van der Waals surface area (Å²) < 4.78 is 72.4. The molecule has 1 amide bonds. The van der Waals surface area contributed by atoms with Crippen molar-refractivity contribution in [2.75, 3.05) is 36.7 Å². The lowest BCUT2D eigenvalue weighted by molar-refractivity contribution is 0.0575. The molecule has 3 aromatic rings. The molecule has 0 aliphatic heterocycles. The molecule has 0 bridgehead atoms. The summed E-state index contributed by atoms with van der Waals surface area (Å²) >= 11 is 0. The first kappa shape index (κ1) is 31.0. The van der Waals surface area contributed by atoms with E-state index in [2.05, 4.69) is 15.0 Å². The largest absolute Gasteiger partial charge is 0.481 e. The monoisotopic (exact) mass is 578 g/mol. The van der Waals surface area contributed by atoms with E-state index in [1.54, 1.807) is 20.8 Å². The Balaban J connectivity index is 1.94. The maximum absolute atomic E-state index is 15.0. The topological polar surface area (TPSA) is 116 Å². The van der Waals surface area contributed by atoms with E-state index >= 15 is 4.39 Å². The van der Waals surface area contributed by atoms with Gasteiger partial charge in [0, 0.05) is 29.9 Å². The SMILES string of the molecule is COC(=O)c1cc(F)c(F)cc1Nc1ccc(F)c(F)c1CCCN(C(=O)OC(C)(C)C)c1nc(OC)ccc1N. The van der Waals surface area contributed by atoms with Crippen LogP contribution < -0.4 is 20.7 Å². The molecule has 3 N–H and O–H groups in total. The fourth-order valence-corrected chi connectivity index (χ4v) is 3.81. The third-order valence-corrected chi connectivity index (χ3v) is 5.70. The Labute approximate surface area is 234 Å². The van der Waals surface area contributed by atoms with Gasteiger partial charge in [0.25, 0.3) is 0 Å². The van der Waals surface area contributed by atoms with Crippen LogP contribution in [0.1, 0.15) is 43.1 Å². The number of nitrogen functional groups attached to an aromatic ring is 1. The van der Waals surface area contributed by atoms with Crippen molar-refractivity contribution in [2.45, 2.75) is 39.2 Å². The number of nitrogens with two attached hydrogens (primary N) is 1. The maximum Gasteiger partial charge on any atom is 0.416 e. The molecule has 220 valence electrons. The van der Waals surface area contributed by atoms with Crippen LogP contribution in [0.5, 0.6) is 5.88 Å². The number of carbonyl (C=O) groups is 2. The zero-order valence-electron chi connectivity index (χ0n) is 23.1. The van der Waals surface area contributed by atoms with Gasteiger partial charge in [0.05, 0.1) is 31.2 Å². The normalized spacial score (nSPS) is 11.1. The molecule has 0 saturated carbocycles. The molecule has 1 heterocycles. The summed E-state index contributed by atoms with van der Waals surface area (Å²) in [6, 6.07) is 6.36. The van der Waals surface area contributed by atoms with E-state index in [1.807, 2.05) is 0 Å². The second kappa shape index (κ2) is 12.7. The second-order valence-corrected chi connectivity index (χ2v) is 9.82. The number of carbonyl (C=O) groups excluding carboxylic acids is 2. The maximum atomic E-state index is 15.0. The first-order chi connectivity index (χ1) is 19.2. The van der Waals surface area contributed by atoms with Gasteiger partial charge < -0.3 is 25.3 Å². The van der Waals surface area contributed by atoms with Crippen LogP contribution in [-0.4, -0.2) is 43.4 Å². The minimum atomic E-state index is -1.30. The quantitative estimate of drug-likeness (QED) is 0.230. The summed E-state index contributed by atoms with van der Waals surface area (Å²) in [7, 11) is 2.44. The molecular formula is C28H30F4N4O5. The number of ether oxygens (including phenoxy) is 3. The second-order valence-electron chi connectivity index (χ2n) is 9.82. The predicted octanol–water partition coefficient (Wildman–Crippen LogP) is 6.13. The van der Waals surface area contributed by atoms with E-state index in [0.717, 1.165) is 18.1 Å². The number of anilines is 4. The third-order valence-electron chi connectivity index (χ3n) is 5.70. The van der Waals surface area contributed by atoms with E-state index in [0.29, 0.717) is 12.1 Å². The number of esters is 1. The standard InChI is InChI=1S/C28H30F4N4O5/c1-28(2,3)41-27(38)36(25-20(33)9-11-23(35-25)39-4)12-6-7-15-21(10-8-17(29)24(15)32)34-22-14-19(31)18(30)13-16(22)26(37)40-5/h8-11,13-14,34H,6-7,12,33H2,1-5H3. The Morgan fingerprint density at radius 3 is 2.29 bits per heavy atom. The lowest BCUT2D eigenvalue weighted by Gasteiger charge is -2.27. The van der Waals surface area contributed by atoms with E-state index < -0.39 is 40.9 Å². The van der Waals surface area contributed by atoms with Gasteiger partial charge in [-0.2, -0.15) is 4.98 Å². The summed E-state index contributed by atoms with van der Waals surface area (Å²) in [5.41, 5.74) is 4.56. The van der Waals surface area contributed by atoms with E-state index in [4.69, 9.17) is 15.2 Å². The summed E-state index contributed by atoms with van der Waals surface area (Å²) in [5.74, 6) is -5.70. The highest BCUT2D eigenvalue weighted by molar-refractivity contribution is 5.96. The summed E-state index contributed by atoms with van der Waals surface area (Å²) in [4.78, 5) is 30.6. The molecule has 41 heavy (non-hydrogen) atoms. The number of halogens is 4. The molecule has 2 aromatic carbocycles. The minimum Gasteiger partial charge on any atom is -0.481 e. The van der Waals surface area contributed by atoms with Crippen LogP contribution in [0.3, 0.4) is 0 Å². The van der Waals surface area contributed by atoms with E-state index in [1.165, 1.54) is 25.3 Å². The van der Waals surface area contributed by atoms with Crippen LogP contribution in [0.25, 0.3) is 0 Å². The fourth-order valence-electron chi connectivity index (χ4n) is 3.81. The predicted molar refractivity (Wildman–Crippen MR) is 144 cm³/mol. The van der Waals surface area contributed by atoms with Crippen LogP contribution in [0.4, 0.5) is 45.2 Å². The van der Waals surface area contributed by atoms with Crippen LogP contribution >= 0.6 is 0 Å². The van der Waals surface area contributed by atoms with Gasteiger partial charge in [-0.3, -0.25) is 4.90 Å². The molecule has 1 aromatic heterocycles. The number of hydrogen-bond acceptors (Lipinski definition) is 8. The Kier molecular flexibility index (Phi) is 9.63. The number of methoxy groups -OCH3 is 2. The van der Waals surface area contributed by atoms with Gasteiger partial charge in [-0.15, -0.1) is 0 Å². The summed E-state index contributed by atoms with van der Waals surface area (Å²) in [5, 5.41) is 2.67. The van der Waals surface area contributed by atoms with Gasteiger partial charge in [-0.25, -0.2) is 27.2 Å². The van der Waals surface area contributed by atoms with Gasteiger partial charge in [-0.05, 0) is 57.9 Å². The van der Waals surface area contributed by atoms with Crippen molar-refractivity contribution >= 4 is 34.9 Å². The number of aromatic nitrogens is 1. The third kappa shape index (κ3) is 7.56. The molecule has 0 radical (unpaired) electrons. The highest BCUT2D eigenvalue weighted by Crippen LogP contribution is 2.31.